The van der Waals surface area contributed by atoms with E-state index in [1.54, 1.807) is 6.33 Å². The Morgan fingerprint density at radius 3 is 2.59 bits per heavy atom. The first kappa shape index (κ1) is 15.0. The number of anilines is 2. The molecule has 120 valence electrons. The van der Waals surface area contributed by atoms with Gasteiger partial charge in [-0.15, -0.1) is 0 Å². The predicted octanol–water partition coefficient (Wildman–Crippen LogP) is 0.739. The maximum absolute atomic E-state index is 11.0. The number of carboxylic acid groups (broad SMARTS) is 1. The van der Waals surface area contributed by atoms with E-state index in [0.29, 0.717) is 25.9 Å². The first-order valence-corrected chi connectivity index (χ1v) is 7.86. The van der Waals surface area contributed by atoms with Gasteiger partial charge in [0.05, 0.1) is 18.6 Å². The first-order valence-electron chi connectivity index (χ1n) is 7.86. The molecule has 2 fully saturated rings. The fourth-order valence-electron chi connectivity index (χ4n) is 3.35. The molecule has 2 N–H and O–H groups in total. The van der Waals surface area contributed by atoms with Crippen molar-refractivity contribution in [1.29, 1.82) is 0 Å². The summed E-state index contributed by atoms with van der Waals surface area (Å²) in [6.07, 6.45) is 4.91. The molecule has 2 aliphatic heterocycles. The van der Waals surface area contributed by atoms with E-state index < -0.39 is 5.97 Å². The van der Waals surface area contributed by atoms with Gasteiger partial charge in [0.1, 0.15) is 18.0 Å². The zero-order valence-corrected chi connectivity index (χ0v) is 12.6. The lowest BCUT2D eigenvalue weighted by Gasteiger charge is -2.32. The van der Waals surface area contributed by atoms with E-state index in [4.69, 9.17) is 5.11 Å². The molecule has 7 nitrogen and oxygen atoms in total. The molecule has 1 atom stereocenters. The second-order valence-corrected chi connectivity index (χ2v) is 6.01. The molecule has 1 aromatic heterocycles. The number of rotatable bonds is 4. The van der Waals surface area contributed by atoms with Crippen LogP contribution in [0.5, 0.6) is 0 Å². The van der Waals surface area contributed by atoms with Crippen molar-refractivity contribution in [2.45, 2.75) is 31.7 Å². The third-order valence-corrected chi connectivity index (χ3v) is 4.69. The molecule has 0 aliphatic carbocycles. The second kappa shape index (κ2) is 6.48. The van der Waals surface area contributed by atoms with E-state index in [2.05, 4.69) is 19.8 Å². The Balaban J connectivity index is 1.71. The minimum atomic E-state index is -0.703. The number of hydrogen-bond acceptors (Lipinski definition) is 6. The number of carbonyl (C=O) groups is 1. The maximum Gasteiger partial charge on any atom is 0.306 e. The summed E-state index contributed by atoms with van der Waals surface area (Å²) in [5.74, 6) is 0.750. The molecule has 7 heteroatoms. The Morgan fingerprint density at radius 2 is 1.91 bits per heavy atom. The molecule has 1 unspecified atom stereocenters. The van der Waals surface area contributed by atoms with Crippen LogP contribution < -0.4 is 9.80 Å². The Bertz CT molecular complexity index is 531. The van der Waals surface area contributed by atoms with Crippen LogP contribution in [0.2, 0.25) is 0 Å². The highest BCUT2D eigenvalue weighted by Crippen LogP contribution is 2.27. The van der Waals surface area contributed by atoms with Crippen LogP contribution >= 0.6 is 0 Å². The van der Waals surface area contributed by atoms with Crippen molar-refractivity contribution in [2.24, 2.45) is 5.92 Å². The van der Waals surface area contributed by atoms with Gasteiger partial charge in [-0.3, -0.25) is 4.79 Å². The molecular weight excluding hydrogens is 284 g/mol. The van der Waals surface area contributed by atoms with Crippen molar-refractivity contribution in [2.75, 3.05) is 36.0 Å². The number of aliphatic carboxylic acids is 1. The van der Waals surface area contributed by atoms with Gasteiger partial charge in [0, 0.05) is 25.7 Å². The van der Waals surface area contributed by atoms with E-state index in [1.165, 1.54) is 0 Å². The molecule has 0 bridgehead atoms. The molecule has 0 saturated carbocycles. The van der Waals surface area contributed by atoms with Gasteiger partial charge in [-0.1, -0.05) is 0 Å². The summed E-state index contributed by atoms with van der Waals surface area (Å²) in [5.41, 5.74) is 0. The Hall–Kier alpha value is -1.89. The summed E-state index contributed by atoms with van der Waals surface area (Å²) in [4.78, 5) is 23.9. The van der Waals surface area contributed by atoms with Crippen molar-refractivity contribution < 1.29 is 15.0 Å². The van der Waals surface area contributed by atoms with Crippen LogP contribution in [-0.4, -0.2) is 58.4 Å². The number of aliphatic hydroxyl groups excluding tert-OH is 1. The molecule has 2 aliphatic rings. The number of nitrogens with zero attached hydrogens (tertiary/aromatic N) is 4. The van der Waals surface area contributed by atoms with Crippen molar-refractivity contribution in [3.8, 4) is 0 Å². The highest BCUT2D eigenvalue weighted by atomic mass is 16.4. The molecule has 3 heterocycles. The van der Waals surface area contributed by atoms with Crippen LogP contribution in [0.15, 0.2) is 12.4 Å². The van der Waals surface area contributed by atoms with E-state index in [0.717, 1.165) is 31.0 Å². The molecule has 3 rings (SSSR count). The van der Waals surface area contributed by atoms with Gasteiger partial charge in [0.2, 0.25) is 0 Å². The maximum atomic E-state index is 11.0. The van der Waals surface area contributed by atoms with Gasteiger partial charge >= 0.3 is 5.97 Å². The fraction of sp³-hybridized carbons (Fsp3) is 0.667. The largest absolute Gasteiger partial charge is 0.481 e. The van der Waals surface area contributed by atoms with Gasteiger partial charge in [-0.05, 0) is 25.7 Å². The van der Waals surface area contributed by atoms with E-state index in [9.17, 15) is 9.90 Å². The van der Waals surface area contributed by atoms with Gasteiger partial charge in [-0.25, -0.2) is 9.97 Å². The first-order chi connectivity index (χ1) is 10.7. The average molecular weight is 306 g/mol. The SMILES string of the molecule is O=C(O)C1CCN(c2cc(N3CCCC3CO)ncn2)CC1. The van der Waals surface area contributed by atoms with Crippen molar-refractivity contribution in [1.82, 2.24) is 9.97 Å². The number of aromatic nitrogens is 2. The molecule has 0 amide bonds. The molecular formula is C15H22N4O3. The van der Waals surface area contributed by atoms with Gasteiger partial charge in [0.15, 0.2) is 0 Å². The number of aliphatic hydroxyl groups is 1. The van der Waals surface area contributed by atoms with Gasteiger partial charge < -0.3 is 20.0 Å². The highest BCUT2D eigenvalue weighted by Gasteiger charge is 2.27. The van der Waals surface area contributed by atoms with Crippen molar-refractivity contribution in [3.63, 3.8) is 0 Å². The summed E-state index contributed by atoms with van der Waals surface area (Å²) < 4.78 is 0. The van der Waals surface area contributed by atoms with Crippen LogP contribution in [0.3, 0.4) is 0 Å². The lowest BCUT2D eigenvalue weighted by molar-refractivity contribution is -0.142. The summed E-state index contributed by atoms with van der Waals surface area (Å²) in [7, 11) is 0. The summed E-state index contributed by atoms with van der Waals surface area (Å²) >= 11 is 0. The molecule has 2 saturated heterocycles. The van der Waals surface area contributed by atoms with E-state index in [-0.39, 0.29) is 18.6 Å². The second-order valence-electron chi connectivity index (χ2n) is 6.01. The summed E-state index contributed by atoms with van der Waals surface area (Å²) in [5, 5.41) is 18.5. The molecule has 0 aromatic carbocycles. The predicted molar refractivity (Wildman–Crippen MR) is 82.1 cm³/mol. The zero-order valence-electron chi connectivity index (χ0n) is 12.6. The summed E-state index contributed by atoms with van der Waals surface area (Å²) in [6.45, 7) is 2.46. The van der Waals surface area contributed by atoms with Crippen LogP contribution in [0.1, 0.15) is 25.7 Å². The highest BCUT2D eigenvalue weighted by molar-refractivity contribution is 5.70. The number of carboxylic acids is 1. The summed E-state index contributed by atoms with van der Waals surface area (Å²) in [6, 6.07) is 2.09. The van der Waals surface area contributed by atoms with Crippen molar-refractivity contribution >= 4 is 17.6 Å². The number of piperidine rings is 1. The molecule has 22 heavy (non-hydrogen) atoms. The van der Waals surface area contributed by atoms with E-state index >= 15 is 0 Å². The Labute approximate surface area is 129 Å². The normalized spacial score (nSPS) is 23.0. The fourth-order valence-corrected chi connectivity index (χ4v) is 3.35. The van der Waals surface area contributed by atoms with Crippen LogP contribution in [0.4, 0.5) is 11.6 Å². The Morgan fingerprint density at radius 1 is 1.18 bits per heavy atom. The third-order valence-electron chi connectivity index (χ3n) is 4.69. The van der Waals surface area contributed by atoms with Crippen LogP contribution in [-0.2, 0) is 4.79 Å². The lowest BCUT2D eigenvalue weighted by Crippen LogP contribution is -2.37. The number of hydrogen-bond donors (Lipinski definition) is 2. The van der Waals surface area contributed by atoms with Crippen LogP contribution in [0, 0.1) is 5.92 Å². The van der Waals surface area contributed by atoms with E-state index in [1.807, 2.05) is 6.07 Å². The quantitative estimate of drug-likeness (QED) is 0.848. The van der Waals surface area contributed by atoms with Crippen LogP contribution in [0.25, 0.3) is 0 Å². The molecule has 0 spiro atoms. The lowest BCUT2D eigenvalue weighted by atomic mass is 9.97. The van der Waals surface area contributed by atoms with Gasteiger partial charge in [0.25, 0.3) is 0 Å². The molecule has 1 aromatic rings. The molecule has 0 radical (unpaired) electrons. The monoisotopic (exact) mass is 306 g/mol. The average Bonchev–Trinajstić information content (AvgIpc) is 3.04. The standard InChI is InChI=1S/C15H22N4O3/c20-9-12-2-1-5-19(12)14-8-13(16-10-17-14)18-6-3-11(4-7-18)15(21)22/h8,10-12,20H,1-7,9H2,(H,21,22). The van der Waals surface area contributed by atoms with Crippen molar-refractivity contribution in [3.05, 3.63) is 12.4 Å². The minimum absolute atomic E-state index is 0.139. The Kier molecular flexibility index (Phi) is 4.42. The minimum Gasteiger partial charge on any atom is -0.481 e. The third kappa shape index (κ3) is 2.99. The smallest absolute Gasteiger partial charge is 0.306 e. The van der Waals surface area contributed by atoms with Gasteiger partial charge in [-0.2, -0.15) is 0 Å². The topological polar surface area (TPSA) is 89.8 Å². The zero-order chi connectivity index (χ0) is 15.5.